The molecule has 3 N–H and O–H groups in total. The maximum absolute atomic E-state index is 11.2. The molecule has 134 valence electrons. The molecule has 0 bridgehead atoms. The number of fused-ring (bicyclic) bond motifs is 1. The lowest BCUT2D eigenvalue weighted by Gasteiger charge is -2.12. The molecule has 4 rings (SSSR count). The number of hydrogen-bond acceptors (Lipinski definition) is 6. The van der Waals surface area contributed by atoms with E-state index in [4.69, 9.17) is 4.42 Å². The van der Waals surface area contributed by atoms with E-state index >= 15 is 0 Å². The average molecular weight is 360 g/mol. The molecule has 1 aromatic heterocycles. The van der Waals surface area contributed by atoms with E-state index in [1.807, 2.05) is 60.7 Å². The third-order valence-electron chi connectivity index (χ3n) is 3.87. The van der Waals surface area contributed by atoms with Crippen LogP contribution in [0, 0.1) is 5.21 Å². The predicted octanol–water partition coefficient (Wildman–Crippen LogP) is 3.21. The standard InChI is InChI=1S/C20H16N4O3/c25-24(26)16-11-12-18-17(13-16)23-19(21-14-7-3-1-4-8-14)20(27-18)22-15-9-5-2-6-10-15/h1-13,24-25H,(H,21,23). The van der Waals surface area contributed by atoms with Gasteiger partial charge in [-0.25, -0.2) is 15.2 Å². The highest BCUT2D eigenvalue weighted by molar-refractivity contribution is 5.76. The van der Waals surface area contributed by atoms with Crippen molar-refractivity contribution in [3.8, 4) is 0 Å². The largest absolute Gasteiger partial charge is 0.595 e. The van der Waals surface area contributed by atoms with Gasteiger partial charge in [0.1, 0.15) is 5.52 Å². The summed E-state index contributed by atoms with van der Waals surface area (Å²) in [6.07, 6.45) is 0. The Hall–Kier alpha value is -3.52. The van der Waals surface area contributed by atoms with Gasteiger partial charge in [-0.1, -0.05) is 36.4 Å². The minimum atomic E-state index is -1.02. The fourth-order valence-corrected chi connectivity index (χ4v) is 2.58. The highest BCUT2D eigenvalue weighted by Crippen LogP contribution is 2.19. The maximum Gasteiger partial charge on any atom is 0.263 e. The van der Waals surface area contributed by atoms with Crippen molar-refractivity contribution in [2.24, 2.45) is 4.99 Å². The Morgan fingerprint density at radius 3 is 2.37 bits per heavy atom. The smallest absolute Gasteiger partial charge is 0.263 e. The molecule has 1 atom stereocenters. The highest BCUT2D eigenvalue weighted by atomic mass is 16.8. The summed E-state index contributed by atoms with van der Waals surface area (Å²) in [7, 11) is 0. The van der Waals surface area contributed by atoms with Gasteiger partial charge in [-0.2, -0.15) is 5.23 Å². The van der Waals surface area contributed by atoms with Gasteiger partial charge in [-0.3, -0.25) is 0 Å². The normalized spacial score (nSPS) is 12.9. The zero-order chi connectivity index (χ0) is 18.6. The van der Waals surface area contributed by atoms with Crippen molar-refractivity contribution in [1.82, 2.24) is 4.98 Å². The molecule has 0 fully saturated rings. The second-order valence-corrected chi connectivity index (χ2v) is 5.79. The lowest BCUT2D eigenvalue weighted by atomic mass is 10.3. The predicted molar refractivity (Wildman–Crippen MR) is 101 cm³/mol. The summed E-state index contributed by atoms with van der Waals surface area (Å²) >= 11 is 0. The number of hydrogen-bond donors (Lipinski definition) is 3. The molecule has 7 nitrogen and oxygen atoms in total. The summed E-state index contributed by atoms with van der Waals surface area (Å²) < 4.78 is 5.92. The summed E-state index contributed by atoms with van der Waals surface area (Å²) in [5, 5.41) is 22.6. The molecule has 7 heteroatoms. The van der Waals surface area contributed by atoms with E-state index in [1.54, 1.807) is 6.07 Å². The van der Waals surface area contributed by atoms with Gasteiger partial charge in [-0.15, -0.1) is 0 Å². The van der Waals surface area contributed by atoms with E-state index in [0.29, 0.717) is 22.5 Å². The SMILES string of the molecule is [O-][NH+](O)c1ccc2oc(=Nc3ccccc3)c(Nc3ccccc3)nc2c1. The quantitative estimate of drug-likeness (QED) is 0.486. The van der Waals surface area contributed by atoms with Crippen molar-refractivity contribution >= 4 is 34.0 Å². The van der Waals surface area contributed by atoms with E-state index in [0.717, 1.165) is 11.4 Å². The van der Waals surface area contributed by atoms with Crippen LogP contribution < -0.4 is 16.1 Å². The summed E-state index contributed by atoms with van der Waals surface area (Å²) in [6, 6.07) is 23.4. The van der Waals surface area contributed by atoms with Crippen LogP contribution in [0.25, 0.3) is 11.1 Å². The second kappa shape index (κ2) is 7.38. The minimum Gasteiger partial charge on any atom is -0.595 e. The lowest BCUT2D eigenvalue weighted by Crippen LogP contribution is -2.99. The van der Waals surface area contributed by atoms with Crippen molar-refractivity contribution in [3.63, 3.8) is 0 Å². The average Bonchev–Trinajstić information content (AvgIpc) is 2.69. The molecule has 0 spiro atoms. The number of para-hydroxylation sites is 2. The Kier molecular flexibility index (Phi) is 4.63. The number of aromatic nitrogens is 1. The molecule has 1 unspecified atom stereocenters. The third kappa shape index (κ3) is 3.85. The topological polar surface area (TPSA) is 98.2 Å². The number of rotatable bonds is 4. The first-order valence-electron chi connectivity index (χ1n) is 8.29. The number of nitrogens with one attached hydrogen (secondary N) is 2. The maximum atomic E-state index is 11.2. The van der Waals surface area contributed by atoms with Crippen LogP contribution in [0.15, 0.2) is 88.3 Å². The van der Waals surface area contributed by atoms with Crippen LogP contribution >= 0.6 is 0 Å². The van der Waals surface area contributed by atoms with Crippen LogP contribution in [-0.2, 0) is 0 Å². The van der Waals surface area contributed by atoms with Crippen LogP contribution in [0.5, 0.6) is 0 Å². The van der Waals surface area contributed by atoms with Gasteiger partial charge in [0.05, 0.1) is 5.69 Å². The van der Waals surface area contributed by atoms with Crippen molar-refractivity contribution in [1.29, 1.82) is 0 Å². The van der Waals surface area contributed by atoms with Gasteiger partial charge in [0.25, 0.3) is 5.55 Å². The van der Waals surface area contributed by atoms with Crippen LogP contribution in [-0.4, -0.2) is 10.2 Å². The molecule has 0 aliphatic heterocycles. The molecule has 0 aliphatic carbocycles. The highest BCUT2D eigenvalue weighted by Gasteiger charge is 2.10. The van der Waals surface area contributed by atoms with Crippen LogP contribution in [0.1, 0.15) is 0 Å². The van der Waals surface area contributed by atoms with Crippen molar-refractivity contribution < 1.29 is 14.9 Å². The molecular formula is C20H16N4O3. The van der Waals surface area contributed by atoms with Gasteiger partial charge < -0.3 is 14.9 Å². The first-order valence-corrected chi connectivity index (χ1v) is 8.29. The summed E-state index contributed by atoms with van der Waals surface area (Å²) in [6.45, 7) is 0. The number of nitrogens with zero attached hydrogens (tertiary/aromatic N) is 2. The number of anilines is 2. The molecule has 4 aromatic rings. The first kappa shape index (κ1) is 16.9. The molecule has 1 heterocycles. The molecule has 27 heavy (non-hydrogen) atoms. The molecule has 0 saturated heterocycles. The zero-order valence-electron chi connectivity index (χ0n) is 14.2. The molecular weight excluding hydrogens is 344 g/mol. The fraction of sp³-hybridized carbons (Fsp3) is 0. The van der Waals surface area contributed by atoms with E-state index in [2.05, 4.69) is 15.3 Å². The Bertz CT molecular complexity index is 1130. The summed E-state index contributed by atoms with van der Waals surface area (Å²) in [5.41, 5.74) is 2.87. The van der Waals surface area contributed by atoms with Gasteiger partial charge in [0.15, 0.2) is 17.1 Å². The minimum absolute atomic E-state index is 0.142. The van der Waals surface area contributed by atoms with Crippen LogP contribution in [0.2, 0.25) is 0 Å². The third-order valence-corrected chi connectivity index (χ3v) is 3.87. The Labute approximate surface area is 154 Å². The first-order chi connectivity index (χ1) is 13.2. The van der Waals surface area contributed by atoms with Crippen LogP contribution in [0.4, 0.5) is 22.9 Å². The van der Waals surface area contributed by atoms with E-state index in [9.17, 15) is 10.4 Å². The van der Waals surface area contributed by atoms with Crippen molar-refractivity contribution in [3.05, 3.63) is 89.6 Å². The molecule has 0 radical (unpaired) electrons. The van der Waals surface area contributed by atoms with E-state index in [-0.39, 0.29) is 5.69 Å². The van der Waals surface area contributed by atoms with E-state index in [1.165, 1.54) is 12.1 Å². The van der Waals surface area contributed by atoms with Gasteiger partial charge in [-0.05, 0) is 30.3 Å². The van der Waals surface area contributed by atoms with Crippen molar-refractivity contribution in [2.75, 3.05) is 5.32 Å². The van der Waals surface area contributed by atoms with E-state index < -0.39 is 5.23 Å². The number of quaternary nitrogens is 1. The molecule has 3 aromatic carbocycles. The summed E-state index contributed by atoms with van der Waals surface area (Å²) in [5.74, 6) is 0.403. The lowest BCUT2D eigenvalue weighted by molar-refractivity contribution is -0.991. The van der Waals surface area contributed by atoms with Gasteiger partial charge in [0, 0.05) is 17.8 Å². The van der Waals surface area contributed by atoms with Gasteiger partial charge in [0.2, 0.25) is 0 Å². The Morgan fingerprint density at radius 1 is 0.963 bits per heavy atom. The van der Waals surface area contributed by atoms with Gasteiger partial charge >= 0.3 is 0 Å². The Morgan fingerprint density at radius 2 is 1.67 bits per heavy atom. The Balaban J connectivity index is 1.89. The molecule has 0 amide bonds. The molecule has 0 aliphatic rings. The summed E-state index contributed by atoms with van der Waals surface area (Å²) in [4.78, 5) is 9.08. The second-order valence-electron chi connectivity index (χ2n) is 5.79. The van der Waals surface area contributed by atoms with Crippen LogP contribution in [0.3, 0.4) is 0 Å². The number of benzene rings is 3. The monoisotopic (exact) mass is 360 g/mol. The zero-order valence-corrected chi connectivity index (χ0v) is 14.2. The molecule has 0 saturated carbocycles. The fourth-order valence-electron chi connectivity index (χ4n) is 2.58. The van der Waals surface area contributed by atoms with Crippen molar-refractivity contribution in [2.45, 2.75) is 0 Å².